The molecule has 0 aliphatic heterocycles. The van der Waals surface area contributed by atoms with Gasteiger partial charge in [-0.2, -0.15) is 0 Å². The second kappa shape index (κ2) is 3.72. The maximum absolute atomic E-state index is 5.84. The van der Waals surface area contributed by atoms with Crippen molar-refractivity contribution in [1.82, 2.24) is 4.98 Å². The molecule has 3 heteroatoms. The van der Waals surface area contributed by atoms with Gasteiger partial charge in [0.05, 0.1) is 5.69 Å². The molecule has 1 aliphatic rings. The van der Waals surface area contributed by atoms with Crippen LogP contribution in [0.15, 0.2) is 18.3 Å². The molecule has 1 aliphatic carbocycles. The minimum Gasteiger partial charge on any atom is -0.396 e. The summed E-state index contributed by atoms with van der Waals surface area (Å²) in [5, 5.41) is 3.43. The molecule has 0 bridgehead atoms. The molecule has 1 aromatic rings. The lowest BCUT2D eigenvalue weighted by Gasteiger charge is -2.18. The van der Waals surface area contributed by atoms with Crippen LogP contribution in [0, 0.1) is 5.41 Å². The van der Waals surface area contributed by atoms with Crippen LogP contribution in [0.2, 0.25) is 0 Å². The monoisotopic (exact) mass is 205 g/mol. The highest BCUT2D eigenvalue weighted by molar-refractivity contribution is 5.60. The van der Waals surface area contributed by atoms with Crippen LogP contribution >= 0.6 is 0 Å². The van der Waals surface area contributed by atoms with E-state index in [-0.39, 0.29) is 0 Å². The third-order valence-electron chi connectivity index (χ3n) is 3.15. The highest BCUT2D eigenvalue weighted by atomic mass is 15.0. The van der Waals surface area contributed by atoms with Crippen molar-refractivity contribution in [1.29, 1.82) is 0 Å². The molecule has 0 aromatic carbocycles. The van der Waals surface area contributed by atoms with Crippen LogP contribution in [0.1, 0.15) is 33.1 Å². The summed E-state index contributed by atoms with van der Waals surface area (Å²) in [6, 6.07) is 4.27. The van der Waals surface area contributed by atoms with E-state index in [0.29, 0.717) is 11.5 Å². The SMILES string of the molecule is CC1(C)CCC(Nc2ncccc2N)C1. The Kier molecular flexibility index (Phi) is 2.55. The van der Waals surface area contributed by atoms with Gasteiger partial charge in [0, 0.05) is 12.2 Å². The zero-order valence-corrected chi connectivity index (χ0v) is 9.46. The number of hydrogen-bond donors (Lipinski definition) is 2. The first-order valence-electron chi connectivity index (χ1n) is 5.54. The molecule has 1 heterocycles. The summed E-state index contributed by atoms with van der Waals surface area (Å²) < 4.78 is 0. The van der Waals surface area contributed by atoms with Gasteiger partial charge in [0.1, 0.15) is 5.82 Å². The van der Waals surface area contributed by atoms with Gasteiger partial charge in [0.25, 0.3) is 0 Å². The van der Waals surface area contributed by atoms with Gasteiger partial charge in [-0.15, -0.1) is 0 Å². The molecule has 1 atom stereocenters. The molecule has 3 N–H and O–H groups in total. The number of nitrogen functional groups attached to an aromatic ring is 1. The summed E-state index contributed by atoms with van der Waals surface area (Å²) in [5.74, 6) is 0.834. The Morgan fingerprint density at radius 1 is 1.53 bits per heavy atom. The van der Waals surface area contributed by atoms with E-state index < -0.39 is 0 Å². The molecule has 1 aromatic heterocycles. The van der Waals surface area contributed by atoms with Crippen LogP contribution in [0.5, 0.6) is 0 Å². The average molecular weight is 205 g/mol. The molecule has 1 fully saturated rings. The van der Waals surface area contributed by atoms with E-state index in [1.807, 2.05) is 12.1 Å². The second-order valence-electron chi connectivity index (χ2n) is 5.19. The summed E-state index contributed by atoms with van der Waals surface area (Å²) in [7, 11) is 0. The molecule has 2 rings (SSSR count). The molecular formula is C12H19N3. The second-order valence-corrected chi connectivity index (χ2v) is 5.19. The van der Waals surface area contributed by atoms with E-state index in [1.54, 1.807) is 6.20 Å². The van der Waals surface area contributed by atoms with E-state index in [9.17, 15) is 0 Å². The quantitative estimate of drug-likeness (QED) is 0.780. The molecule has 0 radical (unpaired) electrons. The van der Waals surface area contributed by atoms with Gasteiger partial charge in [-0.25, -0.2) is 4.98 Å². The van der Waals surface area contributed by atoms with Crippen molar-refractivity contribution >= 4 is 11.5 Å². The largest absolute Gasteiger partial charge is 0.396 e. The number of aromatic nitrogens is 1. The molecule has 1 unspecified atom stereocenters. The predicted octanol–water partition coefficient (Wildman–Crippen LogP) is 2.65. The highest BCUT2D eigenvalue weighted by Crippen LogP contribution is 2.38. The predicted molar refractivity (Wildman–Crippen MR) is 63.7 cm³/mol. The Morgan fingerprint density at radius 3 is 2.93 bits per heavy atom. The first-order chi connectivity index (χ1) is 7.07. The van der Waals surface area contributed by atoms with Crippen molar-refractivity contribution in [2.24, 2.45) is 5.41 Å². The topological polar surface area (TPSA) is 50.9 Å². The van der Waals surface area contributed by atoms with E-state index in [2.05, 4.69) is 24.1 Å². The van der Waals surface area contributed by atoms with Crippen LogP contribution in [-0.2, 0) is 0 Å². The van der Waals surface area contributed by atoms with Crippen LogP contribution in [0.4, 0.5) is 11.5 Å². The highest BCUT2D eigenvalue weighted by Gasteiger charge is 2.31. The standard InChI is InChI=1S/C12H19N3/c1-12(2)6-5-9(8-12)15-11-10(13)4-3-7-14-11/h3-4,7,9H,5-6,8,13H2,1-2H3,(H,14,15). The number of hydrogen-bond acceptors (Lipinski definition) is 3. The van der Waals surface area contributed by atoms with Gasteiger partial charge in [0.2, 0.25) is 0 Å². The first kappa shape index (κ1) is 10.3. The van der Waals surface area contributed by atoms with Gasteiger partial charge < -0.3 is 11.1 Å². The van der Waals surface area contributed by atoms with E-state index in [4.69, 9.17) is 5.73 Å². The van der Waals surface area contributed by atoms with Gasteiger partial charge in [0.15, 0.2) is 0 Å². The zero-order valence-electron chi connectivity index (χ0n) is 9.46. The third kappa shape index (κ3) is 2.41. The van der Waals surface area contributed by atoms with Gasteiger partial charge >= 0.3 is 0 Å². The molecule has 82 valence electrons. The summed E-state index contributed by atoms with van der Waals surface area (Å²) in [6.45, 7) is 4.63. The van der Waals surface area contributed by atoms with Crippen molar-refractivity contribution in [2.75, 3.05) is 11.1 Å². The van der Waals surface area contributed by atoms with Crippen molar-refractivity contribution in [2.45, 2.75) is 39.2 Å². The lowest BCUT2D eigenvalue weighted by atomic mass is 9.92. The minimum absolute atomic E-state index is 0.460. The molecule has 1 saturated carbocycles. The number of anilines is 2. The Labute approximate surface area is 91.1 Å². The maximum atomic E-state index is 5.84. The van der Waals surface area contributed by atoms with Crippen LogP contribution in [-0.4, -0.2) is 11.0 Å². The van der Waals surface area contributed by atoms with E-state index >= 15 is 0 Å². The molecule has 3 nitrogen and oxygen atoms in total. The Balaban J connectivity index is 2.02. The summed E-state index contributed by atoms with van der Waals surface area (Å²) in [6.07, 6.45) is 5.46. The fraction of sp³-hybridized carbons (Fsp3) is 0.583. The number of rotatable bonds is 2. The van der Waals surface area contributed by atoms with Gasteiger partial charge in [-0.05, 0) is 36.8 Å². The number of nitrogens with two attached hydrogens (primary N) is 1. The van der Waals surface area contributed by atoms with Gasteiger partial charge in [-0.3, -0.25) is 0 Å². The normalized spacial score (nSPS) is 24.0. The fourth-order valence-corrected chi connectivity index (χ4v) is 2.29. The Hall–Kier alpha value is -1.25. The van der Waals surface area contributed by atoms with Crippen molar-refractivity contribution < 1.29 is 0 Å². The van der Waals surface area contributed by atoms with Crippen LogP contribution in [0.25, 0.3) is 0 Å². The number of nitrogens with zero attached hydrogens (tertiary/aromatic N) is 1. The van der Waals surface area contributed by atoms with Crippen molar-refractivity contribution in [3.63, 3.8) is 0 Å². The number of nitrogens with one attached hydrogen (secondary N) is 1. The minimum atomic E-state index is 0.460. The summed E-state index contributed by atoms with van der Waals surface area (Å²) >= 11 is 0. The van der Waals surface area contributed by atoms with E-state index in [1.165, 1.54) is 19.3 Å². The summed E-state index contributed by atoms with van der Waals surface area (Å²) in [5.41, 5.74) is 7.04. The molecular weight excluding hydrogens is 186 g/mol. The van der Waals surface area contributed by atoms with Crippen LogP contribution < -0.4 is 11.1 Å². The van der Waals surface area contributed by atoms with Crippen molar-refractivity contribution in [3.8, 4) is 0 Å². The fourth-order valence-electron chi connectivity index (χ4n) is 2.29. The summed E-state index contributed by atoms with van der Waals surface area (Å²) in [4.78, 5) is 4.25. The average Bonchev–Trinajstić information content (AvgIpc) is 2.50. The maximum Gasteiger partial charge on any atom is 0.149 e. The lowest BCUT2D eigenvalue weighted by molar-refractivity contribution is 0.378. The molecule has 0 amide bonds. The molecule has 0 saturated heterocycles. The zero-order chi connectivity index (χ0) is 10.9. The molecule has 15 heavy (non-hydrogen) atoms. The van der Waals surface area contributed by atoms with Crippen LogP contribution in [0.3, 0.4) is 0 Å². The smallest absolute Gasteiger partial charge is 0.149 e. The first-order valence-corrected chi connectivity index (χ1v) is 5.54. The Morgan fingerprint density at radius 2 is 2.33 bits per heavy atom. The van der Waals surface area contributed by atoms with Crippen molar-refractivity contribution in [3.05, 3.63) is 18.3 Å². The Bertz CT molecular complexity index is 346. The molecule has 0 spiro atoms. The third-order valence-corrected chi connectivity index (χ3v) is 3.15. The lowest BCUT2D eigenvalue weighted by Crippen LogP contribution is -2.19. The van der Waals surface area contributed by atoms with E-state index in [0.717, 1.165) is 11.5 Å². The number of pyridine rings is 1. The van der Waals surface area contributed by atoms with Gasteiger partial charge in [-0.1, -0.05) is 13.8 Å².